The number of aromatic nitrogens is 2. The van der Waals surface area contributed by atoms with Crippen LogP contribution in [0.15, 0.2) is 29.3 Å². The van der Waals surface area contributed by atoms with Crippen LogP contribution in [0.5, 0.6) is 5.75 Å². The van der Waals surface area contributed by atoms with Crippen LogP contribution in [-0.2, 0) is 23.0 Å². The molecule has 0 radical (unpaired) electrons. The molecule has 1 aliphatic heterocycles. The first-order chi connectivity index (χ1) is 9.56. The molecular weight excluding hydrogens is 278 g/mol. The van der Waals surface area contributed by atoms with E-state index in [1.165, 1.54) is 0 Å². The molecule has 7 heteroatoms. The van der Waals surface area contributed by atoms with E-state index in [1.807, 2.05) is 6.92 Å². The topological polar surface area (TPSA) is 84.1 Å². The highest BCUT2D eigenvalue weighted by molar-refractivity contribution is 7.89. The summed E-state index contributed by atoms with van der Waals surface area (Å²) in [6.45, 7) is 2.68. The number of hydrogen-bond donors (Lipinski definition) is 2. The molecule has 0 amide bonds. The number of aromatic amines is 1. The van der Waals surface area contributed by atoms with Gasteiger partial charge in [-0.25, -0.2) is 13.1 Å². The molecule has 1 aromatic carbocycles. The molecule has 3 rings (SSSR count). The quantitative estimate of drug-likeness (QED) is 0.885. The number of rotatable bonds is 4. The van der Waals surface area contributed by atoms with E-state index in [1.54, 1.807) is 24.4 Å². The molecule has 0 bridgehead atoms. The monoisotopic (exact) mass is 293 g/mol. The van der Waals surface area contributed by atoms with E-state index in [0.29, 0.717) is 6.61 Å². The van der Waals surface area contributed by atoms with Gasteiger partial charge in [-0.1, -0.05) is 0 Å². The van der Waals surface area contributed by atoms with E-state index in [-0.39, 0.29) is 11.4 Å². The molecule has 2 heterocycles. The normalized spacial score (nSPS) is 14.1. The van der Waals surface area contributed by atoms with Gasteiger partial charge in [0.15, 0.2) is 0 Å². The summed E-state index contributed by atoms with van der Waals surface area (Å²) in [7, 11) is -3.52. The number of H-pyrrole nitrogens is 1. The molecule has 0 saturated heterocycles. The van der Waals surface area contributed by atoms with Crippen molar-refractivity contribution in [1.29, 1.82) is 0 Å². The van der Waals surface area contributed by atoms with Crippen molar-refractivity contribution in [2.45, 2.75) is 24.8 Å². The number of ether oxygens (including phenoxy) is 1. The van der Waals surface area contributed by atoms with Crippen LogP contribution in [-0.4, -0.2) is 25.2 Å². The first kappa shape index (κ1) is 13.1. The number of sulfonamides is 1. The minimum absolute atomic E-state index is 0.220. The van der Waals surface area contributed by atoms with Gasteiger partial charge in [-0.2, -0.15) is 5.10 Å². The molecule has 0 atom stereocenters. The highest BCUT2D eigenvalue weighted by Gasteiger charge is 2.19. The second-order valence-electron chi connectivity index (χ2n) is 4.71. The summed E-state index contributed by atoms with van der Waals surface area (Å²) in [5.74, 6) is 0.773. The number of benzene rings is 1. The summed E-state index contributed by atoms with van der Waals surface area (Å²) in [4.78, 5) is 0.267. The van der Waals surface area contributed by atoms with Crippen LogP contribution in [0.3, 0.4) is 0 Å². The highest BCUT2D eigenvalue weighted by atomic mass is 32.2. The highest BCUT2D eigenvalue weighted by Crippen LogP contribution is 2.27. The molecule has 20 heavy (non-hydrogen) atoms. The van der Waals surface area contributed by atoms with Gasteiger partial charge < -0.3 is 4.74 Å². The Balaban J connectivity index is 1.80. The Kier molecular flexibility index (Phi) is 3.23. The molecule has 1 aliphatic rings. The number of aryl methyl sites for hydroxylation is 1. The molecule has 0 fully saturated rings. The lowest BCUT2D eigenvalue weighted by atomic mass is 10.2. The van der Waals surface area contributed by atoms with Gasteiger partial charge in [-0.05, 0) is 30.7 Å². The fraction of sp³-hybridized carbons (Fsp3) is 0.308. The van der Waals surface area contributed by atoms with Gasteiger partial charge in [-0.15, -0.1) is 0 Å². The van der Waals surface area contributed by atoms with E-state index in [9.17, 15) is 8.42 Å². The first-order valence-corrected chi connectivity index (χ1v) is 7.79. The van der Waals surface area contributed by atoms with Gasteiger partial charge in [-0.3, -0.25) is 5.10 Å². The molecule has 0 saturated carbocycles. The Hall–Kier alpha value is -1.86. The maximum absolute atomic E-state index is 12.3. The molecule has 6 nitrogen and oxygen atoms in total. The molecule has 0 unspecified atom stereocenters. The third-order valence-corrected chi connectivity index (χ3v) is 4.76. The summed E-state index contributed by atoms with van der Waals surface area (Å²) in [5, 5.41) is 6.64. The van der Waals surface area contributed by atoms with Gasteiger partial charge in [0.05, 0.1) is 17.7 Å². The Morgan fingerprint density at radius 3 is 3.05 bits per heavy atom. The van der Waals surface area contributed by atoms with Gasteiger partial charge >= 0.3 is 0 Å². The van der Waals surface area contributed by atoms with Crippen molar-refractivity contribution in [2.24, 2.45) is 0 Å². The molecular formula is C13H15N3O3S. The number of hydrogen-bond acceptors (Lipinski definition) is 4. The maximum Gasteiger partial charge on any atom is 0.240 e. The zero-order valence-corrected chi connectivity index (χ0v) is 11.8. The molecule has 0 spiro atoms. The smallest absolute Gasteiger partial charge is 0.240 e. The van der Waals surface area contributed by atoms with Crippen molar-refractivity contribution in [3.8, 4) is 5.75 Å². The predicted octanol–water partition coefficient (Wildman–Crippen LogP) is 1.13. The zero-order chi connectivity index (χ0) is 14.2. The predicted molar refractivity (Wildman–Crippen MR) is 73.0 cm³/mol. The van der Waals surface area contributed by atoms with Crippen molar-refractivity contribution >= 4 is 10.0 Å². The zero-order valence-electron chi connectivity index (χ0n) is 11.0. The van der Waals surface area contributed by atoms with Crippen molar-refractivity contribution in [3.05, 3.63) is 41.2 Å². The van der Waals surface area contributed by atoms with Crippen LogP contribution >= 0.6 is 0 Å². The van der Waals surface area contributed by atoms with Gasteiger partial charge in [0, 0.05) is 24.2 Å². The second kappa shape index (κ2) is 4.92. The lowest BCUT2D eigenvalue weighted by Gasteiger charge is -2.07. The minimum atomic E-state index is -3.52. The van der Waals surface area contributed by atoms with Crippen molar-refractivity contribution < 1.29 is 13.2 Å². The number of nitrogens with zero attached hydrogens (tertiary/aromatic N) is 1. The molecule has 1 aromatic heterocycles. The van der Waals surface area contributed by atoms with Crippen molar-refractivity contribution in [2.75, 3.05) is 6.61 Å². The largest absolute Gasteiger partial charge is 0.493 e. The maximum atomic E-state index is 12.3. The average Bonchev–Trinajstić information content (AvgIpc) is 3.04. The fourth-order valence-electron chi connectivity index (χ4n) is 2.14. The second-order valence-corrected chi connectivity index (χ2v) is 6.48. The van der Waals surface area contributed by atoms with Gasteiger partial charge in [0.25, 0.3) is 0 Å². The Morgan fingerprint density at radius 2 is 2.30 bits per heavy atom. The number of fused-ring (bicyclic) bond motifs is 1. The van der Waals surface area contributed by atoms with Crippen LogP contribution in [0, 0.1) is 6.92 Å². The van der Waals surface area contributed by atoms with Crippen molar-refractivity contribution in [3.63, 3.8) is 0 Å². The van der Waals surface area contributed by atoms with E-state index >= 15 is 0 Å². The van der Waals surface area contributed by atoms with Gasteiger partial charge in [0.1, 0.15) is 5.75 Å². The van der Waals surface area contributed by atoms with Crippen LogP contribution in [0.4, 0.5) is 0 Å². The van der Waals surface area contributed by atoms with E-state index in [4.69, 9.17) is 4.74 Å². The van der Waals surface area contributed by atoms with Crippen LogP contribution in [0.1, 0.15) is 16.8 Å². The summed E-state index contributed by atoms with van der Waals surface area (Å²) < 4.78 is 32.5. The van der Waals surface area contributed by atoms with Crippen molar-refractivity contribution in [1.82, 2.24) is 14.9 Å². The SMILES string of the molecule is Cc1[nH]ncc1CNS(=O)(=O)c1ccc2c(c1)CCO2. The Labute approximate surface area is 117 Å². The third-order valence-electron chi connectivity index (χ3n) is 3.36. The van der Waals surface area contributed by atoms with E-state index in [2.05, 4.69) is 14.9 Å². The molecule has 2 N–H and O–H groups in total. The average molecular weight is 293 g/mol. The third kappa shape index (κ3) is 2.41. The first-order valence-electron chi connectivity index (χ1n) is 6.30. The summed E-state index contributed by atoms with van der Waals surface area (Å²) >= 11 is 0. The Bertz CT molecular complexity index is 737. The fourth-order valence-corrected chi connectivity index (χ4v) is 3.20. The summed E-state index contributed by atoms with van der Waals surface area (Å²) in [6, 6.07) is 4.95. The number of nitrogens with one attached hydrogen (secondary N) is 2. The molecule has 106 valence electrons. The van der Waals surface area contributed by atoms with Crippen LogP contribution < -0.4 is 9.46 Å². The standard InChI is InChI=1S/C13H15N3O3S/c1-9-11(7-14-16-9)8-15-20(17,18)12-2-3-13-10(6-12)4-5-19-13/h2-3,6-7,15H,4-5,8H2,1H3,(H,14,16). The lowest BCUT2D eigenvalue weighted by molar-refractivity contribution is 0.356. The Morgan fingerprint density at radius 1 is 1.45 bits per heavy atom. The van der Waals surface area contributed by atoms with Crippen LogP contribution in [0.25, 0.3) is 0 Å². The van der Waals surface area contributed by atoms with E-state index < -0.39 is 10.0 Å². The minimum Gasteiger partial charge on any atom is -0.493 e. The van der Waals surface area contributed by atoms with Gasteiger partial charge in [0.2, 0.25) is 10.0 Å². The molecule has 0 aliphatic carbocycles. The summed E-state index contributed by atoms with van der Waals surface area (Å²) in [6.07, 6.45) is 2.37. The molecule has 2 aromatic rings. The van der Waals surface area contributed by atoms with Crippen LogP contribution in [0.2, 0.25) is 0 Å². The van der Waals surface area contributed by atoms with E-state index in [0.717, 1.165) is 29.0 Å². The summed E-state index contributed by atoms with van der Waals surface area (Å²) in [5.41, 5.74) is 2.63. The lowest BCUT2D eigenvalue weighted by Crippen LogP contribution is -2.23.